The van der Waals surface area contributed by atoms with Gasteiger partial charge in [0.2, 0.25) is 5.91 Å². The molecule has 4 aromatic carbocycles. The molecule has 1 spiro atoms. The molecule has 3 aliphatic heterocycles. The summed E-state index contributed by atoms with van der Waals surface area (Å²) in [5, 5.41) is 3.56. The number of methoxy groups -OCH3 is 1. The van der Waals surface area contributed by atoms with E-state index >= 15 is 0 Å². The van der Waals surface area contributed by atoms with Crippen molar-refractivity contribution in [1.82, 2.24) is 0 Å². The van der Waals surface area contributed by atoms with Crippen LogP contribution in [-0.4, -0.2) is 36.7 Å². The third-order valence-electron chi connectivity index (χ3n) is 8.82. The predicted octanol–water partition coefficient (Wildman–Crippen LogP) is 6.51. The van der Waals surface area contributed by atoms with Crippen LogP contribution in [0.5, 0.6) is 5.75 Å². The Bertz CT molecular complexity index is 1810. The lowest BCUT2D eigenvalue weighted by atomic mass is 9.64. The molecule has 6 nitrogen and oxygen atoms in total. The molecule has 3 aliphatic rings. The fourth-order valence-electron chi connectivity index (χ4n) is 7.04. The molecule has 0 bridgehead atoms. The zero-order valence-corrected chi connectivity index (χ0v) is 23.8. The molecule has 3 heterocycles. The largest absolute Gasteiger partial charge is 0.497 e. The molecule has 4 atom stereocenters. The zero-order chi connectivity index (χ0) is 29.2. The summed E-state index contributed by atoms with van der Waals surface area (Å²) < 4.78 is 5.44. The first-order valence-electron chi connectivity index (χ1n) is 13.8. The first kappa shape index (κ1) is 26.2. The van der Waals surface area contributed by atoms with Crippen LogP contribution in [0.2, 0.25) is 5.02 Å². The van der Waals surface area contributed by atoms with Crippen molar-refractivity contribution >= 4 is 46.5 Å². The number of hydrogen-bond acceptors (Lipinski definition) is 5. The molecule has 1 fully saturated rings. The smallest absolute Gasteiger partial charge is 0.238 e. The highest BCUT2D eigenvalue weighted by Crippen LogP contribution is 2.58. The molecule has 208 valence electrons. The lowest BCUT2D eigenvalue weighted by Gasteiger charge is -2.37. The summed E-state index contributed by atoms with van der Waals surface area (Å²) in [5.74, 6) is -1.40. The lowest BCUT2D eigenvalue weighted by Crippen LogP contribution is -2.51. The van der Waals surface area contributed by atoms with Gasteiger partial charge in [-0.3, -0.25) is 14.4 Å². The minimum Gasteiger partial charge on any atom is -0.497 e. The number of carbonyl (C=O) groups is 3. The molecule has 42 heavy (non-hydrogen) atoms. The topological polar surface area (TPSA) is 75.7 Å². The number of benzene rings is 4. The van der Waals surface area contributed by atoms with Crippen LogP contribution < -0.4 is 15.0 Å². The van der Waals surface area contributed by atoms with Gasteiger partial charge in [-0.25, -0.2) is 0 Å². The van der Waals surface area contributed by atoms with E-state index < -0.39 is 23.4 Å². The predicted molar refractivity (Wildman–Crippen MR) is 164 cm³/mol. The van der Waals surface area contributed by atoms with Gasteiger partial charge in [-0.2, -0.15) is 0 Å². The van der Waals surface area contributed by atoms with Gasteiger partial charge in [0.15, 0.2) is 11.6 Å². The number of carbonyl (C=O) groups excluding carboxylic acids is 3. The van der Waals surface area contributed by atoms with E-state index in [2.05, 4.69) is 11.4 Å². The maximum absolute atomic E-state index is 14.9. The highest BCUT2D eigenvalue weighted by Gasteiger charge is 2.70. The molecule has 0 saturated carbocycles. The van der Waals surface area contributed by atoms with E-state index in [-0.39, 0.29) is 17.5 Å². The van der Waals surface area contributed by atoms with Gasteiger partial charge in [0.05, 0.1) is 19.1 Å². The highest BCUT2D eigenvalue weighted by atomic mass is 35.5. The van der Waals surface area contributed by atoms with Gasteiger partial charge in [-0.05, 0) is 72.6 Å². The summed E-state index contributed by atoms with van der Waals surface area (Å²) in [6.45, 7) is 2.01. The third kappa shape index (κ3) is 3.68. The molecular formula is C35H27ClN2O4. The van der Waals surface area contributed by atoms with Crippen LogP contribution in [0.25, 0.3) is 6.08 Å². The zero-order valence-electron chi connectivity index (χ0n) is 23.0. The Kier molecular flexibility index (Phi) is 6.06. The first-order valence-corrected chi connectivity index (χ1v) is 14.2. The number of aryl methyl sites for hydroxylation is 1. The molecule has 1 amide bonds. The number of hydrogen-bond donors (Lipinski definition) is 1. The minimum absolute atomic E-state index is 0.256. The Hall–Kier alpha value is -4.68. The molecule has 4 aromatic rings. The Labute approximate surface area is 248 Å². The van der Waals surface area contributed by atoms with E-state index in [0.29, 0.717) is 33.1 Å². The van der Waals surface area contributed by atoms with Crippen molar-refractivity contribution in [2.45, 2.75) is 24.4 Å². The summed E-state index contributed by atoms with van der Waals surface area (Å²) in [6.07, 6.45) is 3.98. The number of ether oxygens (including phenoxy) is 1. The summed E-state index contributed by atoms with van der Waals surface area (Å²) in [4.78, 5) is 46.0. The second-order valence-electron chi connectivity index (χ2n) is 11.0. The fourth-order valence-corrected chi connectivity index (χ4v) is 7.17. The number of ketones is 2. The average molecular weight is 575 g/mol. The molecule has 0 aliphatic carbocycles. The average Bonchev–Trinajstić information content (AvgIpc) is 3.49. The van der Waals surface area contributed by atoms with Crippen LogP contribution in [0.3, 0.4) is 0 Å². The van der Waals surface area contributed by atoms with Crippen molar-refractivity contribution in [3.8, 4) is 5.75 Å². The van der Waals surface area contributed by atoms with E-state index in [1.807, 2.05) is 60.4 Å². The van der Waals surface area contributed by atoms with E-state index in [1.165, 1.54) is 7.11 Å². The number of rotatable bonds is 5. The van der Waals surface area contributed by atoms with E-state index in [0.717, 1.165) is 16.8 Å². The van der Waals surface area contributed by atoms with Crippen molar-refractivity contribution in [2.75, 3.05) is 17.3 Å². The second-order valence-corrected chi connectivity index (χ2v) is 11.5. The van der Waals surface area contributed by atoms with Gasteiger partial charge < -0.3 is 15.0 Å². The van der Waals surface area contributed by atoms with Crippen molar-refractivity contribution in [1.29, 1.82) is 0 Å². The van der Waals surface area contributed by atoms with Gasteiger partial charge in [-0.1, -0.05) is 65.7 Å². The number of para-hydroxylation sites is 1. The molecule has 7 heteroatoms. The standard InChI is InChI=1S/C35H27ClN2O4/c1-20-10-16-28-22(18-20)13-17-29-35(26-8-3-4-9-27(26)37-34(35)41)30(32(39)23-6-5-7-25(19-23)42-2)31(38(28)29)33(40)21-11-14-24(36)15-12-21/h3-19,29-31H,1-2H3,(H,37,41)/t29-,30+,31-,35+/m0/s1. The van der Waals surface area contributed by atoms with E-state index in [1.54, 1.807) is 48.5 Å². The Morgan fingerprint density at radius 1 is 0.905 bits per heavy atom. The van der Waals surface area contributed by atoms with Crippen LogP contribution >= 0.6 is 11.6 Å². The van der Waals surface area contributed by atoms with Gasteiger partial charge in [0, 0.05) is 27.5 Å². The first-order chi connectivity index (χ1) is 20.3. The van der Waals surface area contributed by atoms with E-state index in [9.17, 15) is 14.4 Å². The number of amides is 1. The van der Waals surface area contributed by atoms with Crippen LogP contribution in [0, 0.1) is 12.8 Å². The van der Waals surface area contributed by atoms with Gasteiger partial charge in [0.25, 0.3) is 0 Å². The Morgan fingerprint density at radius 2 is 1.69 bits per heavy atom. The molecule has 1 N–H and O–H groups in total. The molecule has 0 aromatic heterocycles. The molecule has 7 rings (SSSR count). The molecule has 1 saturated heterocycles. The monoisotopic (exact) mass is 574 g/mol. The van der Waals surface area contributed by atoms with Crippen LogP contribution in [-0.2, 0) is 10.2 Å². The normalized spacial score (nSPS) is 23.3. The summed E-state index contributed by atoms with van der Waals surface area (Å²) >= 11 is 6.18. The van der Waals surface area contributed by atoms with Crippen LogP contribution in [0.4, 0.5) is 11.4 Å². The Balaban J connectivity index is 1.53. The maximum Gasteiger partial charge on any atom is 0.238 e. The van der Waals surface area contributed by atoms with Crippen LogP contribution in [0.15, 0.2) is 97.1 Å². The van der Waals surface area contributed by atoms with Gasteiger partial charge >= 0.3 is 0 Å². The summed E-state index contributed by atoms with van der Waals surface area (Å²) in [7, 11) is 1.54. The van der Waals surface area contributed by atoms with Crippen LogP contribution in [0.1, 0.15) is 37.4 Å². The van der Waals surface area contributed by atoms with Gasteiger partial charge in [-0.15, -0.1) is 0 Å². The number of fused-ring (bicyclic) bond motifs is 6. The maximum atomic E-state index is 14.9. The van der Waals surface area contributed by atoms with Crippen molar-refractivity contribution in [3.63, 3.8) is 0 Å². The SMILES string of the molecule is COc1cccc(C(=O)[C@H]2[C@@H](C(=O)c3ccc(Cl)cc3)N3c4ccc(C)cc4C=C[C@H]3[C@@]23C(=O)Nc2ccccc23)c1. The van der Waals surface area contributed by atoms with Crippen molar-refractivity contribution in [3.05, 3.63) is 130 Å². The number of anilines is 2. The lowest BCUT2D eigenvalue weighted by molar-refractivity contribution is -0.121. The van der Waals surface area contributed by atoms with Crippen molar-refractivity contribution in [2.24, 2.45) is 5.92 Å². The quantitative estimate of drug-likeness (QED) is 0.275. The number of nitrogens with one attached hydrogen (secondary N) is 1. The van der Waals surface area contributed by atoms with Crippen molar-refractivity contribution < 1.29 is 19.1 Å². The summed E-state index contributed by atoms with van der Waals surface area (Å²) in [5.41, 5.74) is 3.57. The fraction of sp³-hybridized carbons (Fsp3) is 0.171. The van der Waals surface area contributed by atoms with Gasteiger partial charge in [0.1, 0.15) is 17.2 Å². The number of nitrogens with zero attached hydrogens (tertiary/aromatic N) is 1. The second kappa shape index (κ2) is 9.71. The molecule has 0 radical (unpaired) electrons. The minimum atomic E-state index is -1.37. The molecular weight excluding hydrogens is 548 g/mol. The Morgan fingerprint density at radius 3 is 2.48 bits per heavy atom. The number of Topliss-reactive ketones (excluding diaryl/α,β-unsaturated/α-hetero) is 2. The number of halogens is 1. The highest BCUT2D eigenvalue weighted by molar-refractivity contribution is 6.30. The van der Waals surface area contributed by atoms with E-state index in [4.69, 9.17) is 16.3 Å². The summed E-state index contributed by atoms with van der Waals surface area (Å²) in [6, 6.07) is 25.5. The molecule has 0 unspecified atom stereocenters. The third-order valence-corrected chi connectivity index (χ3v) is 9.07.